The van der Waals surface area contributed by atoms with Crippen molar-refractivity contribution in [1.82, 2.24) is 0 Å². The largest absolute Gasteiger partial charge is 0.377 e. The second-order valence-electron chi connectivity index (χ2n) is 7.37. The summed E-state index contributed by atoms with van der Waals surface area (Å²) in [6.07, 6.45) is 0.997. The molecule has 0 bridgehead atoms. The molecule has 0 fully saturated rings. The van der Waals surface area contributed by atoms with Crippen LogP contribution in [-0.4, -0.2) is 24.0 Å². The third kappa shape index (κ3) is 3.78. The molecule has 0 saturated heterocycles. The van der Waals surface area contributed by atoms with Gasteiger partial charge in [0.2, 0.25) is 5.91 Å². The van der Waals surface area contributed by atoms with Crippen molar-refractivity contribution in [1.29, 1.82) is 0 Å². The Morgan fingerprint density at radius 3 is 2.56 bits per heavy atom. The lowest BCUT2D eigenvalue weighted by molar-refractivity contribution is -0.117. The average molecular weight is 337 g/mol. The van der Waals surface area contributed by atoms with Gasteiger partial charge >= 0.3 is 0 Å². The maximum Gasteiger partial charge on any atom is 0.246 e. The van der Waals surface area contributed by atoms with Crippen LogP contribution in [0, 0.1) is 0 Å². The topological polar surface area (TPSA) is 44.4 Å². The van der Waals surface area contributed by atoms with E-state index < -0.39 is 0 Å². The molecule has 0 aromatic heterocycles. The van der Waals surface area contributed by atoms with Crippen molar-refractivity contribution in [2.75, 3.05) is 22.1 Å². The highest BCUT2D eigenvalue weighted by Crippen LogP contribution is 2.35. The number of hydrogen-bond acceptors (Lipinski definition) is 3. The molecule has 132 valence electrons. The van der Waals surface area contributed by atoms with E-state index in [9.17, 15) is 4.79 Å². The van der Waals surface area contributed by atoms with E-state index in [4.69, 9.17) is 0 Å². The smallest absolute Gasteiger partial charge is 0.246 e. The number of carbonyl (C=O) groups excluding carboxylic acids is 1. The van der Waals surface area contributed by atoms with Gasteiger partial charge in [-0.1, -0.05) is 31.2 Å². The number of fused-ring (bicyclic) bond motifs is 1. The van der Waals surface area contributed by atoms with E-state index in [1.165, 1.54) is 5.56 Å². The van der Waals surface area contributed by atoms with E-state index in [2.05, 4.69) is 60.6 Å². The first kappa shape index (κ1) is 17.3. The van der Waals surface area contributed by atoms with Gasteiger partial charge in [0.25, 0.3) is 0 Å². The van der Waals surface area contributed by atoms with Crippen LogP contribution in [0.1, 0.15) is 33.3 Å². The van der Waals surface area contributed by atoms with Crippen molar-refractivity contribution in [3.8, 4) is 0 Å². The number of nitrogens with zero attached hydrogens (tertiary/aromatic N) is 1. The number of amides is 1. The first-order valence-corrected chi connectivity index (χ1v) is 8.93. The summed E-state index contributed by atoms with van der Waals surface area (Å²) in [6.45, 7) is 9.18. The summed E-state index contributed by atoms with van der Waals surface area (Å²) in [5, 5.41) is 6.60. The van der Waals surface area contributed by atoms with Crippen molar-refractivity contribution in [2.24, 2.45) is 0 Å². The maximum absolute atomic E-state index is 12.8. The van der Waals surface area contributed by atoms with Crippen LogP contribution in [0.2, 0.25) is 0 Å². The number of aryl methyl sites for hydroxylation is 1. The Morgan fingerprint density at radius 1 is 1.20 bits per heavy atom. The number of nitrogens with one attached hydrogen (secondary N) is 2. The van der Waals surface area contributed by atoms with Crippen molar-refractivity contribution in [2.45, 2.75) is 45.7 Å². The first-order valence-electron chi connectivity index (χ1n) is 8.93. The van der Waals surface area contributed by atoms with Gasteiger partial charge in [0.1, 0.15) is 6.04 Å². The number of rotatable bonds is 4. The van der Waals surface area contributed by atoms with Gasteiger partial charge in [0.05, 0.1) is 11.4 Å². The van der Waals surface area contributed by atoms with Crippen LogP contribution < -0.4 is 15.5 Å². The lowest BCUT2D eigenvalue weighted by atomic mass is 9.97. The standard InChI is InChI=1S/C21H27N3O/c1-5-16-10-12-17(13-11-16)22-20(25)15(2)24-14-21(3,4)23-18-8-6-7-9-19(18)24/h6-13,15,23H,5,14H2,1-4H3,(H,22,25). The summed E-state index contributed by atoms with van der Waals surface area (Å²) in [7, 11) is 0. The minimum absolute atomic E-state index is 0.0109. The van der Waals surface area contributed by atoms with Crippen molar-refractivity contribution < 1.29 is 4.79 Å². The molecule has 1 atom stereocenters. The third-order valence-corrected chi connectivity index (χ3v) is 4.73. The first-order chi connectivity index (χ1) is 11.9. The van der Waals surface area contributed by atoms with E-state index in [1.807, 2.05) is 31.2 Å². The molecule has 2 aromatic rings. The second kappa shape index (κ2) is 6.79. The SMILES string of the molecule is CCc1ccc(NC(=O)C(C)N2CC(C)(C)Nc3ccccc32)cc1. The Balaban J connectivity index is 1.79. The zero-order valence-corrected chi connectivity index (χ0v) is 15.5. The van der Waals surface area contributed by atoms with Crippen LogP contribution in [0.3, 0.4) is 0 Å². The van der Waals surface area contributed by atoms with Gasteiger partial charge in [-0.3, -0.25) is 4.79 Å². The van der Waals surface area contributed by atoms with Gasteiger partial charge in [-0.05, 0) is 57.0 Å². The lowest BCUT2D eigenvalue weighted by Gasteiger charge is -2.44. The Morgan fingerprint density at radius 2 is 1.88 bits per heavy atom. The van der Waals surface area contributed by atoms with E-state index in [1.54, 1.807) is 0 Å². The summed E-state index contributed by atoms with van der Waals surface area (Å²) in [4.78, 5) is 15.0. The van der Waals surface area contributed by atoms with Crippen LogP contribution in [0.25, 0.3) is 0 Å². The van der Waals surface area contributed by atoms with E-state index >= 15 is 0 Å². The number of benzene rings is 2. The third-order valence-electron chi connectivity index (χ3n) is 4.73. The van der Waals surface area contributed by atoms with Crippen LogP contribution >= 0.6 is 0 Å². The van der Waals surface area contributed by atoms with Gasteiger partial charge < -0.3 is 15.5 Å². The number of para-hydroxylation sites is 2. The molecule has 1 heterocycles. The zero-order valence-electron chi connectivity index (χ0n) is 15.5. The zero-order chi connectivity index (χ0) is 18.0. The number of anilines is 3. The lowest BCUT2D eigenvalue weighted by Crippen LogP contribution is -2.54. The van der Waals surface area contributed by atoms with Crippen LogP contribution in [0.15, 0.2) is 48.5 Å². The molecule has 25 heavy (non-hydrogen) atoms. The Kier molecular flexibility index (Phi) is 4.71. The molecule has 2 N–H and O–H groups in total. The van der Waals surface area contributed by atoms with Gasteiger partial charge in [-0.15, -0.1) is 0 Å². The van der Waals surface area contributed by atoms with Gasteiger partial charge in [-0.2, -0.15) is 0 Å². The van der Waals surface area contributed by atoms with Crippen LogP contribution in [-0.2, 0) is 11.2 Å². The molecular formula is C21H27N3O. The van der Waals surface area contributed by atoms with Gasteiger partial charge in [-0.25, -0.2) is 0 Å². The monoisotopic (exact) mass is 337 g/mol. The van der Waals surface area contributed by atoms with Gasteiger partial charge in [0.15, 0.2) is 0 Å². The minimum atomic E-state index is -0.256. The Bertz CT molecular complexity index is 752. The Labute approximate surface area is 150 Å². The molecule has 1 amide bonds. The second-order valence-corrected chi connectivity index (χ2v) is 7.37. The van der Waals surface area contributed by atoms with E-state index in [0.29, 0.717) is 0 Å². The molecule has 1 unspecified atom stereocenters. The minimum Gasteiger partial charge on any atom is -0.377 e. The highest BCUT2D eigenvalue weighted by molar-refractivity contribution is 5.97. The fourth-order valence-electron chi connectivity index (χ4n) is 3.30. The van der Waals surface area contributed by atoms with E-state index in [-0.39, 0.29) is 17.5 Å². The molecule has 4 heteroatoms. The average Bonchev–Trinajstić information content (AvgIpc) is 2.60. The number of carbonyl (C=O) groups is 1. The van der Waals surface area contributed by atoms with Crippen molar-refractivity contribution >= 4 is 23.0 Å². The van der Waals surface area contributed by atoms with Crippen LogP contribution in [0.5, 0.6) is 0 Å². The quantitative estimate of drug-likeness (QED) is 0.875. The molecule has 0 radical (unpaired) electrons. The highest BCUT2D eigenvalue weighted by atomic mass is 16.2. The number of hydrogen-bond donors (Lipinski definition) is 2. The van der Waals surface area contributed by atoms with E-state index in [0.717, 1.165) is 30.0 Å². The molecular weight excluding hydrogens is 310 g/mol. The van der Waals surface area contributed by atoms with Gasteiger partial charge in [0, 0.05) is 17.8 Å². The van der Waals surface area contributed by atoms with Crippen LogP contribution in [0.4, 0.5) is 17.1 Å². The fourth-order valence-corrected chi connectivity index (χ4v) is 3.30. The molecule has 0 aliphatic carbocycles. The fraction of sp³-hybridized carbons (Fsp3) is 0.381. The highest BCUT2D eigenvalue weighted by Gasteiger charge is 2.34. The molecule has 1 aliphatic heterocycles. The molecule has 3 rings (SSSR count). The Hall–Kier alpha value is -2.49. The summed E-state index contributed by atoms with van der Waals surface area (Å²) in [5.74, 6) is 0.0109. The molecule has 0 saturated carbocycles. The summed E-state index contributed by atoms with van der Waals surface area (Å²) < 4.78 is 0. The predicted molar refractivity (Wildman–Crippen MR) is 105 cm³/mol. The molecule has 2 aromatic carbocycles. The van der Waals surface area contributed by atoms with Crippen molar-refractivity contribution in [3.05, 3.63) is 54.1 Å². The maximum atomic E-state index is 12.8. The summed E-state index contributed by atoms with van der Waals surface area (Å²) in [6, 6.07) is 16.0. The normalized spacial score (nSPS) is 16.6. The molecule has 1 aliphatic rings. The summed E-state index contributed by atoms with van der Waals surface area (Å²) in [5.41, 5.74) is 4.17. The summed E-state index contributed by atoms with van der Waals surface area (Å²) >= 11 is 0. The molecule has 0 spiro atoms. The van der Waals surface area contributed by atoms with Crippen molar-refractivity contribution in [3.63, 3.8) is 0 Å². The predicted octanol–water partition coefficient (Wildman–Crippen LogP) is 4.29. The molecule has 4 nitrogen and oxygen atoms in total.